The van der Waals surface area contributed by atoms with Gasteiger partial charge >= 0.3 is 0 Å². The highest BCUT2D eigenvalue weighted by Crippen LogP contribution is 2.43. The summed E-state index contributed by atoms with van der Waals surface area (Å²) in [5.41, 5.74) is -0.0779. The first-order valence-electron chi connectivity index (χ1n) is 6.99. The van der Waals surface area contributed by atoms with Crippen molar-refractivity contribution < 1.29 is 5.11 Å². The van der Waals surface area contributed by atoms with E-state index in [9.17, 15) is 5.11 Å². The lowest BCUT2D eigenvalue weighted by atomic mass is 9.96. The van der Waals surface area contributed by atoms with E-state index in [-0.39, 0.29) is 12.1 Å². The lowest BCUT2D eigenvalue weighted by molar-refractivity contribution is 0.157. The molecule has 0 aliphatic heterocycles. The highest BCUT2D eigenvalue weighted by molar-refractivity contribution is 7.99. The topological polar surface area (TPSA) is 32.3 Å². The van der Waals surface area contributed by atoms with Crippen LogP contribution < -0.4 is 5.32 Å². The third-order valence-electron chi connectivity index (χ3n) is 4.02. The maximum Gasteiger partial charge on any atom is 0.0624 e. The summed E-state index contributed by atoms with van der Waals surface area (Å²) in [7, 11) is 0. The van der Waals surface area contributed by atoms with E-state index >= 15 is 0 Å². The lowest BCUT2D eigenvalue weighted by Crippen LogP contribution is -2.53. The van der Waals surface area contributed by atoms with Crippen molar-refractivity contribution in [3.8, 4) is 0 Å². The summed E-state index contributed by atoms with van der Waals surface area (Å²) in [6, 6.07) is 8.60. The molecule has 2 fully saturated rings. The molecule has 2 aliphatic carbocycles. The highest BCUT2D eigenvalue weighted by atomic mass is 35.5. The Morgan fingerprint density at radius 3 is 2.42 bits per heavy atom. The summed E-state index contributed by atoms with van der Waals surface area (Å²) in [6.07, 6.45) is 5.03. The molecule has 0 spiro atoms. The van der Waals surface area contributed by atoms with Crippen LogP contribution in [0.4, 0.5) is 0 Å². The van der Waals surface area contributed by atoms with Crippen LogP contribution in [0.1, 0.15) is 25.7 Å². The second-order valence-electron chi connectivity index (χ2n) is 5.75. The first kappa shape index (κ1) is 13.7. The first-order valence-corrected chi connectivity index (χ1v) is 8.35. The highest BCUT2D eigenvalue weighted by Gasteiger charge is 2.47. The summed E-state index contributed by atoms with van der Waals surface area (Å²) in [6.45, 7) is 0.245. The smallest absolute Gasteiger partial charge is 0.0624 e. The van der Waals surface area contributed by atoms with E-state index in [0.717, 1.165) is 10.8 Å². The summed E-state index contributed by atoms with van der Waals surface area (Å²) >= 11 is 7.72. The van der Waals surface area contributed by atoms with Crippen LogP contribution >= 0.6 is 23.4 Å². The van der Waals surface area contributed by atoms with E-state index in [1.807, 2.05) is 23.9 Å². The number of halogens is 1. The van der Waals surface area contributed by atoms with Gasteiger partial charge in [0.05, 0.1) is 12.1 Å². The Balaban J connectivity index is 1.64. The Morgan fingerprint density at radius 2 is 1.89 bits per heavy atom. The Bertz CT molecular complexity index is 430. The number of benzene rings is 1. The standard InChI is InChI=1S/C15H20ClNOS/c16-12-3-7-14(8-4-12)19-10-15(9-18,11-1-2-11)17-13-5-6-13/h3-4,7-8,11,13,17-18H,1-2,5-6,9-10H2. The van der Waals surface area contributed by atoms with Gasteiger partial charge in [0.2, 0.25) is 0 Å². The molecule has 2 saturated carbocycles. The van der Waals surface area contributed by atoms with Crippen LogP contribution in [0.15, 0.2) is 29.2 Å². The summed E-state index contributed by atoms with van der Waals surface area (Å²) in [4.78, 5) is 1.22. The van der Waals surface area contributed by atoms with Gasteiger partial charge in [0.25, 0.3) is 0 Å². The molecule has 104 valence electrons. The number of rotatable bonds is 7. The Labute approximate surface area is 123 Å². The van der Waals surface area contributed by atoms with Gasteiger partial charge in [-0.25, -0.2) is 0 Å². The molecule has 0 aromatic heterocycles. The van der Waals surface area contributed by atoms with E-state index in [4.69, 9.17) is 11.6 Å². The second kappa shape index (κ2) is 5.65. The van der Waals surface area contributed by atoms with E-state index in [1.54, 1.807) is 0 Å². The third kappa shape index (κ3) is 3.46. The molecule has 2 aliphatic rings. The Morgan fingerprint density at radius 1 is 1.21 bits per heavy atom. The molecule has 1 atom stereocenters. The average molecular weight is 298 g/mol. The van der Waals surface area contributed by atoms with Crippen molar-refractivity contribution in [2.24, 2.45) is 5.92 Å². The van der Waals surface area contributed by atoms with E-state index in [1.165, 1.54) is 30.6 Å². The Hall–Kier alpha value is -0.220. The van der Waals surface area contributed by atoms with Crippen molar-refractivity contribution >= 4 is 23.4 Å². The van der Waals surface area contributed by atoms with Crippen LogP contribution in [0.5, 0.6) is 0 Å². The first-order chi connectivity index (χ1) is 9.22. The van der Waals surface area contributed by atoms with Crippen molar-refractivity contribution in [2.45, 2.75) is 42.2 Å². The van der Waals surface area contributed by atoms with Crippen molar-refractivity contribution in [1.29, 1.82) is 0 Å². The van der Waals surface area contributed by atoms with Crippen molar-refractivity contribution in [3.05, 3.63) is 29.3 Å². The molecule has 1 aromatic rings. The monoisotopic (exact) mass is 297 g/mol. The molecule has 2 nitrogen and oxygen atoms in total. The van der Waals surface area contributed by atoms with E-state index in [0.29, 0.717) is 12.0 Å². The van der Waals surface area contributed by atoms with E-state index < -0.39 is 0 Å². The van der Waals surface area contributed by atoms with Gasteiger partial charge in [0.1, 0.15) is 0 Å². The van der Waals surface area contributed by atoms with Crippen LogP contribution in [0.2, 0.25) is 5.02 Å². The predicted octanol–water partition coefficient (Wildman–Crippen LogP) is 3.33. The minimum atomic E-state index is -0.0779. The van der Waals surface area contributed by atoms with Crippen molar-refractivity contribution in [2.75, 3.05) is 12.4 Å². The minimum Gasteiger partial charge on any atom is -0.394 e. The van der Waals surface area contributed by atoms with Crippen molar-refractivity contribution in [1.82, 2.24) is 5.32 Å². The third-order valence-corrected chi connectivity index (χ3v) is 5.54. The maximum absolute atomic E-state index is 9.89. The average Bonchev–Trinajstić information content (AvgIpc) is 3.28. The molecule has 0 radical (unpaired) electrons. The summed E-state index contributed by atoms with van der Waals surface area (Å²) < 4.78 is 0. The molecule has 0 heterocycles. The number of thioether (sulfide) groups is 1. The molecule has 2 N–H and O–H groups in total. The summed E-state index contributed by atoms with van der Waals surface area (Å²) in [5, 5.41) is 14.4. The molecule has 1 aromatic carbocycles. The molecular formula is C15H20ClNOS. The second-order valence-corrected chi connectivity index (χ2v) is 7.23. The SMILES string of the molecule is OCC(CSc1ccc(Cl)cc1)(NC1CC1)C1CC1. The maximum atomic E-state index is 9.89. The lowest BCUT2D eigenvalue weighted by Gasteiger charge is -2.33. The van der Waals surface area contributed by atoms with Gasteiger partial charge in [0.15, 0.2) is 0 Å². The van der Waals surface area contributed by atoms with Gasteiger partial charge < -0.3 is 10.4 Å². The van der Waals surface area contributed by atoms with E-state index in [2.05, 4.69) is 17.4 Å². The normalized spacial score (nSPS) is 22.2. The number of nitrogens with one attached hydrogen (secondary N) is 1. The quantitative estimate of drug-likeness (QED) is 0.757. The van der Waals surface area contributed by atoms with Gasteiger partial charge in [-0.1, -0.05) is 11.6 Å². The van der Waals surface area contributed by atoms with Crippen LogP contribution in [0.3, 0.4) is 0 Å². The minimum absolute atomic E-state index is 0.0779. The zero-order valence-corrected chi connectivity index (χ0v) is 12.5. The molecule has 0 amide bonds. The van der Waals surface area contributed by atoms with Gasteiger partial charge in [-0.15, -0.1) is 11.8 Å². The molecule has 19 heavy (non-hydrogen) atoms. The number of aliphatic hydroxyl groups is 1. The molecule has 4 heteroatoms. The van der Waals surface area contributed by atoms with Crippen molar-refractivity contribution in [3.63, 3.8) is 0 Å². The van der Waals surface area contributed by atoms with Gasteiger partial charge in [0, 0.05) is 21.7 Å². The largest absolute Gasteiger partial charge is 0.394 e. The van der Waals surface area contributed by atoms with Gasteiger partial charge in [-0.05, 0) is 55.9 Å². The van der Waals surface area contributed by atoms with Crippen LogP contribution in [-0.2, 0) is 0 Å². The van der Waals surface area contributed by atoms with Crippen LogP contribution in [0.25, 0.3) is 0 Å². The molecule has 3 rings (SSSR count). The molecule has 0 bridgehead atoms. The fraction of sp³-hybridized carbons (Fsp3) is 0.600. The predicted molar refractivity (Wildman–Crippen MR) is 80.9 cm³/mol. The zero-order valence-electron chi connectivity index (χ0n) is 10.9. The number of hydrogen-bond acceptors (Lipinski definition) is 3. The van der Waals surface area contributed by atoms with Crippen LogP contribution in [0, 0.1) is 5.92 Å². The number of hydrogen-bond donors (Lipinski definition) is 2. The molecular weight excluding hydrogens is 278 g/mol. The fourth-order valence-corrected chi connectivity index (χ4v) is 3.80. The van der Waals surface area contributed by atoms with Gasteiger partial charge in [-0.2, -0.15) is 0 Å². The Kier molecular flexibility index (Phi) is 4.08. The van der Waals surface area contributed by atoms with Gasteiger partial charge in [-0.3, -0.25) is 0 Å². The molecule has 0 saturated heterocycles. The zero-order chi connectivity index (χ0) is 13.3. The fourth-order valence-electron chi connectivity index (χ4n) is 2.51. The summed E-state index contributed by atoms with van der Waals surface area (Å²) in [5.74, 6) is 1.59. The number of aliphatic hydroxyl groups excluding tert-OH is 1. The molecule has 1 unspecified atom stereocenters. The van der Waals surface area contributed by atoms with Crippen LogP contribution in [-0.4, -0.2) is 29.0 Å².